The second-order valence-electron chi connectivity index (χ2n) is 5.51. The molecule has 0 aliphatic heterocycles. The molecule has 4 N–H and O–H groups in total. The summed E-state index contributed by atoms with van der Waals surface area (Å²) >= 11 is 0. The van der Waals surface area contributed by atoms with Crippen LogP contribution in [0.3, 0.4) is 0 Å². The first kappa shape index (κ1) is 18.6. The summed E-state index contributed by atoms with van der Waals surface area (Å²) in [7, 11) is -3.76. The molecule has 7 nitrogen and oxygen atoms in total. The second-order valence-corrected chi connectivity index (χ2v) is 7.46. The van der Waals surface area contributed by atoms with Crippen molar-refractivity contribution in [2.45, 2.75) is 29.7 Å². The highest BCUT2D eigenvalue weighted by Gasteiger charge is 2.18. The Labute approximate surface area is 146 Å². The zero-order valence-corrected chi connectivity index (χ0v) is 14.6. The smallest absolute Gasteiger partial charge is 0.240 e. The fourth-order valence-electron chi connectivity index (χ4n) is 2.05. The number of sulfone groups is 1. The van der Waals surface area contributed by atoms with Gasteiger partial charge in [0.25, 0.3) is 0 Å². The van der Waals surface area contributed by atoms with E-state index >= 15 is 0 Å². The van der Waals surface area contributed by atoms with Gasteiger partial charge in [0.15, 0.2) is 0 Å². The summed E-state index contributed by atoms with van der Waals surface area (Å²) in [6, 6.07) is 11.1. The van der Waals surface area contributed by atoms with Gasteiger partial charge in [-0.15, -0.1) is 0 Å². The highest BCUT2D eigenvalue weighted by atomic mass is 32.2. The van der Waals surface area contributed by atoms with E-state index in [-0.39, 0.29) is 15.7 Å². The minimum absolute atomic E-state index is 0.0438. The summed E-state index contributed by atoms with van der Waals surface area (Å²) in [5.41, 5.74) is 6.34. The molecule has 0 bridgehead atoms. The van der Waals surface area contributed by atoms with E-state index in [1.54, 1.807) is 6.07 Å². The third kappa shape index (κ3) is 4.65. The number of rotatable bonds is 5. The van der Waals surface area contributed by atoms with Gasteiger partial charge in [0.05, 0.1) is 15.8 Å². The van der Waals surface area contributed by atoms with Crippen LogP contribution in [0, 0.1) is 0 Å². The van der Waals surface area contributed by atoms with Gasteiger partial charge in [-0.05, 0) is 49.4 Å². The Morgan fingerprint density at radius 2 is 1.60 bits per heavy atom. The Balaban J connectivity index is 2.30. The molecule has 0 heterocycles. The maximum absolute atomic E-state index is 12.7. The molecule has 1 unspecified atom stereocenters. The number of carbonyl (C=O) groups excluding carboxylic acids is 2. The molecule has 0 saturated heterocycles. The third-order valence-corrected chi connectivity index (χ3v) is 5.08. The van der Waals surface area contributed by atoms with Crippen molar-refractivity contribution in [2.24, 2.45) is 5.73 Å². The minimum Gasteiger partial charge on any atom is -0.326 e. The average molecular weight is 361 g/mol. The van der Waals surface area contributed by atoms with Crippen LogP contribution in [0.15, 0.2) is 58.3 Å². The number of amides is 2. The van der Waals surface area contributed by atoms with Gasteiger partial charge in [-0.3, -0.25) is 9.59 Å². The van der Waals surface area contributed by atoms with Gasteiger partial charge in [0.2, 0.25) is 21.7 Å². The molecule has 2 rings (SSSR count). The van der Waals surface area contributed by atoms with E-state index in [9.17, 15) is 18.0 Å². The molecule has 132 valence electrons. The average Bonchev–Trinajstić information content (AvgIpc) is 2.55. The molecule has 0 aliphatic rings. The van der Waals surface area contributed by atoms with Crippen molar-refractivity contribution in [3.05, 3.63) is 48.5 Å². The standard InChI is InChI=1S/C17H19N3O4S/c1-11(18)17(22)20-14-4-3-5-16(10-14)25(23,24)15-8-6-13(7-9-15)19-12(2)21/h3-11H,18H2,1-2H3,(H,19,21)(H,20,22). The summed E-state index contributed by atoms with van der Waals surface area (Å²) in [4.78, 5) is 22.8. The van der Waals surface area contributed by atoms with Crippen LogP contribution in [0.5, 0.6) is 0 Å². The molecule has 0 aromatic heterocycles. The van der Waals surface area contributed by atoms with Crippen molar-refractivity contribution in [3.8, 4) is 0 Å². The van der Waals surface area contributed by atoms with Crippen LogP contribution in [-0.2, 0) is 19.4 Å². The Morgan fingerprint density at radius 1 is 0.960 bits per heavy atom. The van der Waals surface area contributed by atoms with Crippen LogP contribution in [-0.4, -0.2) is 26.3 Å². The molecule has 2 aromatic rings. The molecule has 0 radical (unpaired) electrons. The molecule has 1 atom stereocenters. The quantitative estimate of drug-likeness (QED) is 0.750. The Kier molecular flexibility index (Phi) is 5.55. The zero-order valence-electron chi connectivity index (χ0n) is 13.8. The zero-order chi connectivity index (χ0) is 18.6. The fraction of sp³-hybridized carbons (Fsp3) is 0.176. The Bertz CT molecular complexity index is 890. The molecule has 0 fully saturated rings. The third-order valence-electron chi connectivity index (χ3n) is 3.31. The maximum Gasteiger partial charge on any atom is 0.240 e. The predicted octanol–water partition coefficient (Wildman–Crippen LogP) is 1.76. The molecule has 2 amide bonds. The first-order chi connectivity index (χ1) is 11.7. The van der Waals surface area contributed by atoms with E-state index < -0.39 is 21.8 Å². The van der Waals surface area contributed by atoms with Crippen molar-refractivity contribution in [2.75, 3.05) is 10.6 Å². The topological polar surface area (TPSA) is 118 Å². The van der Waals surface area contributed by atoms with Gasteiger partial charge in [-0.2, -0.15) is 0 Å². The Hall–Kier alpha value is -2.71. The molecule has 8 heteroatoms. The fourth-order valence-corrected chi connectivity index (χ4v) is 3.36. The number of anilines is 2. The van der Waals surface area contributed by atoms with E-state index in [1.807, 2.05) is 0 Å². The van der Waals surface area contributed by atoms with Crippen molar-refractivity contribution in [3.63, 3.8) is 0 Å². The number of hydrogen-bond donors (Lipinski definition) is 3. The van der Waals surface area contributed by atoms with E-state index in [2.05, 4.69) is 10.6 Å². The Morgan fingerprint density at radius 3 is 2.16 bits per heavy atom. The van der Waals surface area contributed by atoms with Crippen LogP contribution in [0.25, 0.3) is 0 Å². The largest absolute Gasteiger partial charge is 0.326 e. The number of hydrogen-bond acceptors (Lipinski definition) is 5. The normalized spacial score (nSPS) is 12.3. The molecule has 0 saturated carbocycles. The summed E-state index contributed by atoms with van der Waals surface area (Å²) < 4.78 is 25.4. The van der Waals surface area contributed by atoms with E-state index in [1.165, 1.54) is 56.3 Å². The van der Waals surface area contributed by atoms with Gasteiger partial charge >= 0.3 is 0 Å². The SMILES string of the molecule is CC(=O)Nc1ccc(S(=O)(=O)c2cccc(NC(=O)C(C)N)c2)cc1. The van der Waals surface area contributed by atoms with E-state index in [0.717, 1.165) is 0 Å². The van der Waals surface area contributed by atoms with E-state index in [0.29, 0.717) is 11.4 Å². The van der Waals surface area contributed by atoms with Gasteiger partial charge < -0.3 is 16.4 Å². The number of carbonyl (C=O) groups is 2. The van der Waals surface area contributed by atoms with Gasteiger partial charge in [0, 0.05) is 18.3 Å². The van der Waals surface area contributed by atoms with Gasteiger partial charge in [0.1, 0.15) is 0 Å². The summed E-state index contributed by atoms with van der Waals surface area (Å²) in [6.45, 7) is 2.90. The lowest BCUT2D eigenvalue weighted by atomic mass is 10.3. The second kappa shape index (κ2) is 7.45. The molecular weight excluding hydrogens is 342 g/mol. The highest BCUT2D eigenvalue weighted by molar-refractivity contribution is 7.91. The molecular formula is C17H19N3O4S. The van der Waals surface area contributed by atoms with Crippen LogP contribution >= 0.6 is 0 Å². The molecule has 0 spiro atoms. The maximum atomic E-state index is 12.7. The lowest BCUT2D eigenvalue weighted by molar-refractivity contribution is -0.117. The van der Waals surface area contributed by atoms with Crippen LogP contribution < -0.4 is 16.4 Å². The lowest BCUT2D eigenvalue weighted by Crippen LogP contribution is -2.32. The molecule has 25 heavy (non-hydrogen) atoms. The van der Waals surface area contributed by atoms with Crippen LogP contribution in [0.4, 0.5) is 11.4 Å². The van der Waals surface area contributed by atoms with Crippen molar-refractivity contribution in [1.82, 2.24) is 0 Å². The lowest BCUT2D eigenvalue weighted by Gasteiger charge is -2.10. The first-order valence-corrected chi connectivity index (χ1v) is 8.98. The number of nitrogens with two attached hydrogens (primary N) is 1. The van der Waals surface area contributed by atoms with Crippen molar-refractivity contribution < 1.29 is 18.0 Å². The van der Waals surface area contributed by atoms with Crippen LogP contribution in [0.1, 0.15) is 13.8 Å². The predicted molar refractivity (Wildman–Crippen MR) is 94.9 cm³/mol. The monoisotopic (exact) mass is 361 g/mol. The van der Waals surface area contributed by atoms with Gasteiger partial charge in [-0.25, -0.2) is 8.42 Å². The summed E-state index contributed by atoms with van der Waals surface area (Å²) in [6.07, 6.45) is 0. The van der Waals surface area contributed by atoms with Gasteiger partial charge in [-0.1, -0.05) is 6.07 Å². The van der Waals surface area contributed by atoms with Crippen molar-refractivity contribution in [1.29, 1.82) is 0 Å². The minimum atomic E-state index is -3.76. The van der Waals surface area contributed by atoms with Crippen molar-refractivity contribution >= 4 is 33.0 Å². The highest BCUT2D eigenvalue weighted by Crippen LogP contribution is 2.24. The van der Waals surface area contributed by atoms with E-state index in [4.69, 9.17) is 5.73 Å². The summed E-state index contributed by atoms with van der Waals surface area (Å²) in [5, 5.41) is 5.13. The van der Waals surface area contributed by atoms with Crippen LogP contribution in [0.2, 0.25) is 0 Å². The molecule has 2 aromatic carbocycles. The summed E-state index contributed by atoms with van der Waals surface area (Å²) in [5.74, 6) is -0.651. The first-order valence-electron chi connectivity index (χ1n) is 7.49. The molecule has 0 aliphatic carbocycles. The number of nitrogens with one attached hydrogen (secondary N) is 2. The number of benzene rings is 2.